The third-order valence-electron chi connectivity index (χ3n) is 3.62. The maximum atomic E-state index is 5.94. The number of nitrogens with two attached hydrogens (primary N) is 1. The van der Waals surface area contributed by atoms with Crippen molar-refractivity contribution in [1.82, 2.24) is 14.8 Å². The highest BCUT2D eigenvalue weighted by molar-refractivity contribution is 5.27. The molecule has 0 spiro atoms. The zero-order valence-corrected chi connectivity index (χ0v) is 12.8. The largest absolute Gasteiger partial charge is 0.497 e. The minimum atomic E-state index is 0.373. The number of ether oxygens (including phenoxy) is 1. The minimum Gasteiger partial charge on any atom is -0.497 e. The van der Waals surface area contributed by atoms with Crippen molar-refractivity contribution in [3.63, 3.8) is 0 Å². The Morgan fingerprint density at radius 2 is 2.00 bits per heavy atom. The van der Waals surface area contributed by atoms with Crippen LogP contribution in [0.5, 0.6) is 5.75 Å². The van der Waals surface area contributed by atoms with Crippen LogP contribution in [0.1, 0.15) is 24.7 Å². The van der Waals surface area contributed by atoms with Gasteiger partial charge in [-0.3, -0.25) is 4.68 Å². The molecule has 2 aromatic rings. The molecule has 1 aromatic carbocycles. The Kier molecular flexibility index (Phi) is 5.75. The summed E-state index contributed by atoms with van der Waals surface area (Å²) in [6.45, 7) is 3.70. The highest BCUT2D eigenvalue weighted by Crippen LogP contribution is 2.16. The van der Waals surface area contributed by atoms with Gasteiger partial charge in [0.2, 0.25) is 0 Å². The Bertz CT molecular complexity index is 535. The van der Waals surface area contributed by atoms with Gasteiger partial charge in [0.25, 0.3) is 0 Å². The van der Waals surface area contributed by atoms with Crippen LogP contribution in [0.4, 0.5) is 0 Å². The van der Waals surface area contributed by atoms with Crippen LogP contribution < -0.4 is 10.5 Å². The molecule has 5 nitrogen and oxygen atoms in total. The Morgan fingerprint density at radius 3 is 2.62 bits per heavy atom. The summed E-state index contributed by atoms with van der Waals surface area (Å²) in [6.07, 6.45) is 4.50. The molecule has 1 unspecified atom stereocenters. The van der Waals surface area contributed by atoms with Gasteiger partial charge < -0.3 is 10.5 Å². The fourth-order valence-electron chi connectivity index (χ4n) is 2.44. The molecule has 0 aliphatic carbocycles. The van der Waals surface area contributed by atoms with Gasteiger partial charge in [-0.2, -0.15) is 5.10 Å². The quantitative estimate of drug-likeness (QED) is 0.807. The molecule has 0 saturated carbocycles. The lowest BCUT2D eigenvalue weighted by atomic mass is 9.96. The van der Waals surface area contributed by atoms with Gasteiger partial charge in [-0.25, -0.2) is 4.98 Å². The SMILES string of the molecule is CCCn1ncnc1CC(CN)Cc1ccc(OC)cc1. The lowest BCUT2D eigenvalue weighted by Crippen LogP contribution is -2.21. The number of aromatic nitrogens is 3. The van der Waals surface area contributed by atoms with Crippen LogP contribution in [0.15, 0.2) is 30.6 Å². The lowest BCUT2D eigenvalue weighted by molar-refractivity contribution is 0.414. The topological polar surface area (TPSA) is 66.0 Å². The molecular formula is C16H24N4O. The highest BCUT2D eigenvalue weighted by atomic mass is 16.5. The summed E-state index contributed by atoms with van der Waals surface area (Å²) in [5.41, 5.74) is 7.21. The van der Waals surface area contributed by atoms with E-state index < -0.39 is 0 Å². The third kappa shape index (κ3) is 4.29. The van der Waals surface area contributed by atoms with E-state index in [9.17, 15) is 0 Å². The molecule has 2 N–H and O–H groups in total. The summed E-state index contributed by atoms with van der Waals surface area (Å²) >= 11 is 0. The number of aryl methyl sites for hydroxylation is 1. The Labute approximate surface area is 126 Å². The first kappa shape index (κ1) is 15.5. The molecule has 2 rings (SSSR count). The average molecular weight is 288 g/mol. The highest BCUT2D eigenvalue weighted by Gasteiger charge is 2.13. The first-order valence-corrected chi connectivity index (χ1v) is 7.46. The first-order valence-electron chi connectivity index (χ1n) is 7.46. The van der Waals surface area contributed by atoms with Crippen LogP contribution in [0.2, 0.25) is 0 Å². The van der Waals surface area contributed by atoms with Crippen molar-refractivity contribution < 1.29 is 4.74 Å². The Hall–Kier alpha value is -1.88. The summed E-state index contributed by atoms with van der Waals surface area (Å²) < 4.78 is 7.16. The molecule has 21 heavy (non-hydrogen) atoms. The van der Waals surface area contributed by atoms with Gasteiger partial charge in [0.05, 0.1) is 7.11 Å². The van der Waals surface area contributed by atoms with E-state index in [2.05, 4.69) is 29.1 Å². The molecule has 0 aliphatic rings. The van der Waals surface area contributed by atoms with Gasteiger partial charge >= 0.3 is 0 Å². The zero-order chi connectivity index (χ0) is 15.1. The van der Waals surface area contributed by atoms with Crippen molar-refractivity contribution >= 4 is 0 Å². The molecule has 0 aliphatic heterocycles. The average Bonchev–Trinajstić information content (AvgIpc) is 2.95. The smallest absolute Gasteiger partial charge is 0.138 e. The van der Waals surface area contributed by atoms with Crippen LogP contribution in [-0.4, -0.2) is 28.4 Å². The van der Waals surface area contributed by atoms with Crippen molar-refractivity contribution in [2.75, 3.05) is 13.7 Å². The number of rotatable bonds is 8. The standard InChI is InChI=1S/C16H24N4O/c1-3-8-20-16(18-12-19-20)10-14(11-17)9-13-4-6-15(21-2)7-5-13/h4-7,12,14H,3,8-11,17H2,1-2H3. The zero-order valence-electron chi connectivity index (χ0n) is 12.8. The molecule has 114 valence electrons. The maximum absolute atomic E-state index is 5.94. The maximum Gasteiger partial charge on any atom is 0.138 e. The van der Waals surface area contributed by atoms with Crippen molar-refractivity contribution in [1.29, 1.82) is 0 Å². The Morgan fingerprint density at radius 1 is 1.24 bits per heavy atom. The monoisotopic (exact) mass is 288 g/mol. The van der Waals surface area contributed by atoms with Gasteiger partial charge in [0.1, 0.15) is 17.9 Å². The molecular weight excluding hydrogens is 264 g/mol. The van der Waals surface area contributed by atoms with E-state index in [1.165, 1.54) is 5.56 Å². The predicted octanol–water partition coefficient (Wildman–Crippen LogP) is 2.06. The van der Waals surface area contributed by atoms with E-state index >= 15 is 0 Å². The molecule has 0 bridgehead atoms. The molecule has 0 radical (unpaired) electrons. The van der Waals surface area contributed by atoms with Crippen molar-refractivity contribution in [3.05, 3.63) is 42.0 Å². The van der Waals surface area contributed by atoms with Crippen LogP contribution in [0.25, 0.3) is 0 Å². The molecule has 1 atom stereocenters. The summed E-state index contributed by atoms with van der Waals surface area (Å²) in [4.78, 5) is 4.37. The van der Waals surface area contributed by atoms with Crippen molar-refractivity contribution in [2.24, 2.45) is 11.7 Å². The van der Waals surface area contributed by atoms with E-state index in [4.69, 9.17) is 10.5 Å². The molecule has 1 heterocycles. The summed E-state index contributed by atoms with van der Waals surface area (Å²) in [6, 6.07) is 8.17. The van der Waals surface area contributed by atoms with E-state index in [-0.39, 0.29) is 0 Å². The van der Waals surface area contributed by atoms with Crippen molar-refractivity contribution in [3.8, 4) is 5.75 Å². The van der Waals surface area contributed by atoms with Gasteiger partial charge in [0.15, 0.2) is 0 Å². The van der Waals surface area contributed by atoms with Crippen molar-refractivity contribution in [2.45, 2.75) is 32.7 Å². The first-order chi connectivity index (χ1) is 10.3. The second kappa shape index (κ2) is 7.78. The van der Waals surface area contributed by atoms with Gasteiger partial charge in [-0.15, -0.1) is 0 Å². The number of hydrogen-bond donors (Lipinski definition) is 1. The Balaban J connectivity index is 2.00. The van der Waals surface area contributed by atoms with Crippen LogP contribution in [0.3, 0.4) is 0 Å². The second-order valence-electron chi connectivity index (χ2n) is 5.26. The summed E-state index contributed by atoms with van der Waals surface area (Å²) in [5, 5.41) is 4.27. The summed E-state index contributed by atoms with van der Waals surface area (Å²) in [7, 11) is 1.68. The second-order valence-corrected chi connectivity index (χ2v) is 5.26. The number of hydrogen-bond acceptors (Lipinski definition) is 4. The van der Waals surface area contributed by atoms with Gasteiger partial charge in [-0.05, 0) is 43.0 Å². The number of benzene rings is 1. The molecule has 0 saturated heterocycles. The molecule has 0 amide bonds. The number of nitrogens with zero attached hydrogens (tertiary/aromatic N) is 3. The lowest BCUT2D eigenvalue weighted by Gasteiger charge is -2.15. The normalized spacial score (nSPS) is 12.3. The van der Waals surface area contributed by atoms with E-state index in [0.29, 0.717) is 12.5 Å². The minimum absolute atomic E-state index is 0.373. The molecule has 5 heteroatoms. The molecule has 0 fully saturated rings. The predicted molar refractivity (Wildman–Crippen MR) is 83.3 cm³/mol. The third-order valence-corrected chi connectivity index (χ3v) is 3.62. The van der Waals surface area contributed by atoms with E-state index in [1.807, 2.05) is 16.8 Å². The van der Waals surface area contributed by atoms with Crippen LogP contribution in [-0.2, 0) is 19.4 Å². The van der Waals surface area contributed by atoms with Gasteiger partial charge in [0, 0.05) is 13.0 Å². The fourth-order valence-corrected chi connectivity index (χ4v) is 2.44. The summed E-state index contributed by atoms with van der Waals surface area (Å²) in [5.74, 6) is 2.28. The van der Waals surface area contributed by atoms with E-state index in [1.54, 1.807) is 13.4 Å². The van der Waals surface area contributed by atoms with Gasteiger partial charge in [-0.1, -0.05) is 19.1 Å². The fraction of sp³-hybridized carbons (Fsp3) is 0.500. The van der Waals surface area contributed by atoms with Crippen LogP contribution >= 0.6 is 0 Å². The van der Waals surface area contributed by atoms with Crippen LogP contribution in [0, 0.1) is 5.92 Å². The van der Waals surface area contributed by atoms with E-state index in [0.717, 1.165) is 37.4 Å². The number of methoxy groups -OCH3 is 1. The molecule has 1 aromatic heterocycles.